The molecule has 146 valence electrons. The smallest absolute Gasteiger partial charge is 0.253 e. The Bertz CT molecular complexity index is 909. The third-order valence-corrected chi connectivity index (χ3v) is 8.45. The number of piperidine rings is 1. The third kappa shape index (κ3) is 4.62. The van der Waals surface area contributed by atoms with Crippen LogP contribution < -0.4 is 0 Å². The number of benzene rings is 1. The van der Waals surface area contributed by atoms with Crippen molar-refractivity contribution >= 4 is 43.2 Å². The average Bonchev–Trinajstić information content (AvgIpc) is 3.06. The minimum Gasteiger partial charge on any atom is -0.337 e. The van der Waals surface area contributed by atoms with Crippen molar-refractivity contribution in [3.05, 3.63) is 50.6 Å². The number of halogens is 1. The Kier molecular flexibility index (Phi) is 6.40. The summed E-state index contributed by atoms with van der Waals surface area (Å²) < 4.78 is 28.4. The molecule has 27 heavy (non-hydrogen) atoms. The van der Waals surface area contributed by atoms with Crippen molar-refractivity contribution in [3.8, 4) is 0 Å². The van der Waals surface area contributed by atoms with Crippen LogP contribution in [-0.4, -0.2) is 43.2 Å². The molecule has 2 aromatic rings. The van der Waals surface area contributed by atoms with E-state index < -0.39 is 10.0 Å². The molecule has 1 aromatic carbocycles. The van der Waals surface area contributed by atoms with E-state index >= 15 is 0 Å². The Labute approximate surface area is 173 Å². The van der Waals surface area contributed by atoms with Gasteiger partial charge in [-0.1, -0.05) is 6.42 Å². The lowest BCUT2D eigenvalue weighted by atomic mass is 10.1. The average molecular weight is 471 g/mol. The minimum atomic E-state index is -3.51. The first-order valence-electron chi connectivity index (χ1n) is 8.90. The highest BCUT2D eigenvalue weighted by Crippen LogP contribution is 2.26. The molecule has 1 aliphatic heterocycles. The molecule has 0 radical (unpaired) electrons. The zero-order valence-corrected chi connectivity index (χ0v) is 18.6. The first kappa shape index (κ1) is 20.5. The van der Waals surface area contributed by atoms with Crippen LogP contribution in [0, 0.1) is 0 Å². The monoisotopic (exact) mass is 470 g/mol. The summed E-state index contributed by atoms with van der Waals surface area (Å²) in [5.74, 6) is -0.130. The van der Waals surface area contributed by atoms with Crippen LogP contribution in [0.15, 0.2) is 45.1 Å². The lowest BCUT2D eigenvalue weighted by molar-refractivity contribution is 0.0786. The molecular weight excluding hydrogens is 448 g/mol. The molecule has 1 aliphatic rings. The summed E-state index contributed by atoms with van der Waals surface area (Å²) in [5.41, 5.74) is 0.485. The van der Waals surface area contributed by atoms with Crippen molar-refractivity contribution in [2.75, 3.05) is 13.6 Å². The molecule has 2 heterocycles. The highest BCUT2D eigenvalue weighted by Gasteiger charge is 2.31. The summed E-state index contributed by atoms with van der Waals surface area (Å²) in [6.07, 6.45) is 2.84. The van der Waals surface area contributed by atoms with Gasteiger partial charge in [0.15, 0.2) is 0 Å². The standard InChI is InChI=1S/C19H23BrN2O3S2/c1-14-5-3-4-12-22(14)27(24,25)17-9-6-15(7-10-17)19(23)21(2)13-16-8-11-18(20)26-16/h6-11,14H,3-5,12-13H2,1-2H3. The van der Waals surface area contributed by atoms with E-state index in [4.69, 9.17) is 0 Å². The minimum absolute atomic E-state index is 0.0151. The molecule has 3 rings (SSSR count). The topological polar surface area (TPSA) is 57.7 Å². The van der Waals surface area contributed by atoms with E-state index in [1.807, 2.05) is 19.1 Å². The Morgan fingerprint density at radius 1 is 1.22 bits per heavy atom. The number of hydrogen-bond donors (Lipinski definition) is 0. The van der Waals surface area contributed by atoms with Gasteiger partial charge in [0.05, 0.1) is 15.2 Å². The molecule has 0 aliphatic carbocycles. The number of amides is 1. The van der Waals surface area contributed by atoms with Crippen LogP contribution in [-0.2, 0) is 16.6 Å². The van der Waals surface area contributed by atoms with Crippen LogP contribution in [0.2, 0.25) is 0 Å². The number of carbonyl (C=O) groups is 1. The molecule has 1 aromatic heterocycles. The van der Waals surface area contributed by atoms with E-state index in [1.165, 1.54) is 0 Å². The SMILES string of the molecule is CC1CCCCN1S(=O)(=O)c1ccc(C(=O)N(C)Cc2ccc(Br)s2)cc1. The van der Waals surface area contributed by atoms with Crippen molar-refractivity contribution in [3.63, 3.8) is 0 Å². The fourth-order valence-electron chi connectivity index (χ4n) is 3.30. The first-order valence-corrected chi connectivity index (χ1v) is 12.0. The van der Waals surface area contributed by atoms with Gasteiger partial charge in [0.2, 0.25) is 10.0 Å². The molecule has 0 bridgehead atoms. The second-order valence-corrected chi connectivity index (χ2v) is 11.3. The lowest BCUT2D eigenvalue weighted by Gasteiger charge is -2.32. The lowest BCUT2D eigenvalue weighted by Crippen LogP contribution is -2.41. The number of rotatable bonds is 5. The summed E-state index contributed by atoms with van der Waals surface area (Å²) >= 11 is 5.01. The predicted octanol–water partition coefficient (Wildman–Crippen LogP) is 4.35. The Hall–Kier alpha value is -1.22. The second kappa shape index (κ2) is 8.43. The first-order chi connectivity index (χ1) is 12.8. The van der Waals surface area contributed by atoms with Gasteiger partial charge < -0.3 is 4.90 Å². The molecule has 8 heteroatoms. The number of sulfonamides is 1. The summed E-state index contributed by atoms with van der Waals surface area (Å²) in [4.78, 5) is 15.6. The molecule has 0 saturated carbocycles. The number of nitrogens with zero attached hydrogens (tertiary/aromatic N) is 2. The maximum absolute atomic E-state index is 12.9. The molecule has 0 spiro atoms. The largest absolute Gasteiger partial charge is 0.337 e. The maximum atomic E-state index is 12.9. The van der Waals surface area contributed by atoms with Crippen LogP contribution in [0.3, 0.4) is 0 Å². The van der Waals surface area contributed by atoms with Gasteiger partial charge >= 0.3 is 0 Å². The van der Waals surface area contributed by atoms with Gasteiger partial charge in [-0.25, -0.2) is 8.42 Å². The van der Waals surface area contributed by atoms with Gasteiger partial charge in [-0.15, -0.1) is 11.3 Å². The zero-order chi connectivity index (χ0) is 19.6. The number of thiophene rings is 1. The Balaban J connectivity index is 1.73. The summed E-state index contributed by atoms with van der Waals surface area (Å²) in [6.45, 7) is 3.02. The van der Waals surface area contributed by atoms with Gasteiger partial charge in [0.1, 0.15) is 0 Å². The van der Waals surface area contributed by atoms with E-state index in [-0.39, 0.29) is 16.8 Å². The summed E-state index contributed by atoms with van der Waals surface area (Å²) in [5, 5.41) is 0. The number of hydrogen-bond acceptors (Lipinski definition) is 4. The van der Waals surface area contributed by atoms with Crippen molar-refractivity contribution < 1.29 is 13.2 Å². The predicted molar refractivity (Wildman–Crippen MR) is 111 cm³/mol. The van der Waals surface area contributed by atoms with Gasteiger partial charge in [0.25, 0.3) is 5.91 Å². The van der Waals surface area contributed by atoms with Crippen LogP contribution >= 0.6 is 27.3 Å². The summed E-state index contributed by atoms with van der Waals surface area (Å²) in [7, 11) is -1.77. The van der Waals surface area contributed by atoms with Gasteiger partial charge in [-0.3, -0.25) is 4.79 Å². The fraction of sp³-hybridized carbons (Fsp3) is 0.421. The van der Waals surface area contributed by atoms with E-state index in [0.717, 1.165) is 27.9 Å². The molecule has 1 fully saturated rings. The third-order valence-electron chi connectivity index (χ3n) is 4.82. The maximum Gasteiger partial charge on any atom is 0.253 e. The Morgan fingerprint density at radius 2 is 1.93 bits per heavy atom. The molecule has 1 unspecified atom stereocenters. The molecule has 1 amide bonds. The van der Waals surface area contributed by atoms with Gasteiger partial charge in [-0.05, 0) is 72.1 Å². The van der Waals surface area contributed by atoms with Crippen LogP contribution in [0.4, 0.5) is 0 Å². The van der Waals surface area contributed by atoms with Crippen LogP contribution in [0.5, 0.6) is 0 Å². The molecule has 0 N–H and O–H groups in total. The molecular formula is C19H23BrN2O3S2. The van der Waals surface area contributed by atoms with E-state index in [2.05, 4.69) is 15.9 Å². The quantitative estimate of drug-likeness (QED) is 0.652. The molecule has 1 saturated heterocycles. The zero-order valence-electron chi connectivity index (χ0n) is 15.4. The molecule has 1 atom stereocenters. The second-order valence-electron chi connectivity index (χ2n) is 6.85. The van der Waals surface area contributed by atoms with Gasteiger partial charge in [0, 0.05) is 30.1 Å². The normalized spacial score (nSPS) is 18.4. The highest BCUT2D eigenvalue weighted by molar-refractivity contribution is 9.11. The van der Waals surface area contributed by atoms with Crippen molar-refractivity contribution in [2.45, 2.75) is 43.7 Å². The molecule has 5 nitrogen and oxygen atoms in total. The van der Waals surface area contributed by atoms with Gasteiger partial charge in [-0.2, -0.15) is 4.31 Å². The van der Waals surface area contributed by atoms with Crippen LogP contribution in [0.25, 0.3) is 0 Å². The van der Waals surface area contributed by atoms with E-state index in [9.17, 15) is 13.2 Å². The van der Waals surface area contributed by atoms with Crippen molar-refractivity contribution in [1.82, 2.24) is 9.21 Å². The summed E-state index contributed by atoms with van der Waals surface area (Å²) in [6, 6.07) is 10.2. The Morgan fingerprint density at radius 3 is 2.52 bits per heavy atom. The highest BCUT2D eigenvalue weighted by atomic mass is 79.9. The van der Waals surface area contributed by atoms with Crippen LogP contribution in [0.1, 0.15) is 41.4 Å². The van der Waals surface area contributed by atoms with Crippen molar-refractivity contribution in [1.29, 1.82) is 0 Å². The van der Waals surface area contributed by atoms with Crippen molar-refractivity contribution in [2.24, 2.45) is 0 Å². The van der Waals surface area contributed by atoms with E-state index in [1.54, 1.807) is 51.9 Å². The van der Waals surface area contributed by atoms with E-state index in [0.29, 0.717) is 18.7 Å². The number of carbonyl (C=O) groups excluding carboxylic acids is 1. The fourth-order valence-corrected chi connectivity index (χ4v) is 6.53.